The van der Waals surface area contributed by atoms with Gasteiger partial charge < -0.3 is 10.6 Å². The van der Waals surface area contributed by atoms with Gasteiger partial charge in [0.1, 0.15) is 0 Å². The second-order valence-corrected chi connectivity index (χ2v) is 5.11. The summed E-state index contributed by atoms with van der Waals surface area (Å²) in [7, 11) is 3.46. The summed E-state index contributed by atoms with van der Waals surface area (Å²) >= 11 is 0. The van der Waals surface area contributed by atoms with Crippen molar-refractivity contribution < 1.29 is 9.59 Å². The molecule has 0 heterocycles. The Kier molecular flexibility index (Phi) is 7.46. The largest absolute Gasteiger partial charge is 0.359 e. The van der Waals surface area contributed by atoms with E-state index < -0.39 is 0 Å². The first-order chi connectivity index (χ1) is 10.0. The number of rotatable bonds is 8. The molecule has 0 aliphatic carbocycles. The van der Waals surface area contributed by atoms with Gasteiger partial charge in [-0.05, 0) is 26.0 Å². The van der Waals surface area contributed by atoms with Crippen molar-refractivity contribution >= 4 is 11.8 Å². The number of benzene rings is 1. The van der Waals surface area contributed by atoms with E-state index in [-0.39, 0.29) is 17.9 Å². The van der Waals surface area contributed by atoms with E-state index in [4.69, 9.17) is 0 Å². The van der Waals surface area contributed by atoms with E-state index in [2.05, 4.69) is 10.6 Å². The molecule has 5 heteroatoms. The Bertz CT molecular complexity index is 448. The first-order valence-electron chi connectivity index (χ1n) is 7.27. The first kappa shape index (κ1) is 17.2. The van der Waals surface area contributed by atoms with E-state index in [1.807, 2.05) is 49.2 Å². The second-order valence-electron chi connectivity index (χ2n) is 5.11. The van der Waals surface area contributed by atoms with E-state index in [1.165, 1.54) is 5.56 Å². The summed E-state index contributed by atoms with van der Waals surface area (Å²) in [5, 5.41) is 5.51. The van der Waals surface area contributed by atoms with Gasteiger partial charge in [-0.25, -0.2) is 0 Å². The fourth-order valence-electron chi connectivity index (χ4n) is 1.92. The molecule has 1 aromatic rings. The Morgan fingerprint density at radius 2 is 1.90 bits per heavy atom. The smallest absolute Gasteiger partial charge is 0.237 e. The van der Waals surface area contributed by atoms with Gasteiger partial charge in [-0.2, -0.15) is 0 Å². The van der Waals surface area contributed by atoms with Crippen molar-refractivity contribution in [2.75, 3.05) is 27.2 Å². The number of carbonyl (C=O) groups is 2. The zero-order valence-corrected chi connectivity index (χ0v) is 13.1. The van der Waals surface area contributed by atoms with Gasteiger partial charge in [-0.3, -0.25) is 14.5 Å². The van der Waals surface area contributed by atoms with Crippen LogP contribution in [0.25, 0.3) is 0 Å². The Balaban J connectivity index is 2.28. The minimum Gasteiger partial charge on any atom is -0.359 e. The Hall–Kier alpha value is -1.88. The summed E-state index contributed by atoms with van der Waals surface area (Å²) in [5.74, 6) is -0.0242. The van der Waals surface area contributed by atoms with Crippen LogP contribution in [0.3, 0.4) is 0 Å². The van der Waals surface area contributed by atoms with E-state index in [0.29, 0.717) is 19.5 Å². The molecule has 1 rings (SSSR count). The van der Waals surface area contributed by atoms with Crippen molar-refractivity contribution in [3.8, 4) is 0 Å². The average molecular weight is 291 g/mol. The summed E-state index contributed by atoms with van der Waals surface area (Å²) in [6, 6.07) is 9.81. The minimum absolute atomic E-state index is 0.00895. The van der Waals surface area contributed by atoms with Crippen LogP contribution in [0.1, 0.15) is 18.9 Å². The maximum absolute atomic E-state index is 12.0. The van der Waals surface area contributed by atoms with Crippen LogP contribution in [0, 0.1) is 0 Å². The minimum atomic E-state index is -0.245. The Labute approximate surface area is 126 Å². The number of likely N-dealkylation sites (N-methyl/N-ethyl adjacent to an activating group) is 1. The molecule has 0 aliphatic heterocycles. The fourth-order valence-corrected chi connectivity index (χ4v) is 1.92. The molecule has 1 aromatic carbocycles. The van der Waals surface area contributed by atoms with E-state index in [1.54, 1.807) is 7.05 Å². The van der Waals surface area contributed by atoms with Gasteiger partial charge in [0, 0.05) is 26.6 Å². The predicted octanol–water partition coefficient (Wildman–Crippen LogP) is 0.802. The standard InChI is InChI=1S/C16H25N3O2/c1-13(19(3)12-10-15(20)17-2)16(21)18-11-9-14-7-5-4-6-8-14/h4-8,13H,9-12H2,1-3H3,(H,17,20)(H,18,21). The molecule has 21 heavy (non-hydrogen) atoms. The maximum atomic E-state index is 12.0. The van der Waals surface area contributed by atoms with E-state index >= 15 is 0 Å². The quantitative estimate of drug-likeness (QED) is 0.745. The lowest BCUT2D eigenvalue weighted by atomic mass is 10.1. The molecular weight excluding hydrogens is 266 g/mol. The highest BCUT2D eigenvalue weighted by Gasteiger charge is 2.17. The van der Waals surface area contributed by atoms with Gasteiger partial charge in [-0.1, -0.05) is 30.3 Å². The zero-order valence-electron chi connectivity index (χ0n) is 13.1. The summed E-state index contributed by atoms with van der Waals surface area (Å²) in [6.45, 7) is 3.03. The van der Waals surface area contributed by atoms with Crippen LogP contribution >= 0.6 is 0 Å². The third-order valence-electron chi connectivity index (χ3n) is 3.57. The number of carbonyl (C=O) groups excluding carboxylic acids is 2. The molecular formula is C16H25N3O2. The molecule has 2 amide bonds. The van der Waals surface area contributed by atoms with Crippen LogP contribution in [0.15, 0.2) is 30.3 Å². The summed E-state index contributed by atoms with van der Waals surface area (Å²) in [5.41, 5.74) is 1.21. The number of hydrogen-bond donors (Lipinski definition) is 2. The first-order valence-corrected chi connectivity index (χ1v) is 7.27. The number of hydrogen-bond acceptors (Lipinski definition) is 3. The van der Waals surface area contributed by atoms with Gasteiger partial charge >= 0.3 is 0 Å². The lowest BCUT2D eigenvalue weighted by Crippen LogP contribution is -2.44. The summed E-state index contributed by atoms with van der Waals surface area (Å²) < 4.78 is 0. The lowest BCUT2D eigenvalue weighted by Gasteiger charge is -2.23. The SMILES string of the molecule is CNC(=O)CCN(C)C(C)C(=O)NCCc1ccccc1. The molecule has 0 bridgehead atoms. The highest BCUT2D eigenvalue weighted by atomic mass is 16.2. The molecule has 0 aromatic heterocycles. The third kappa shape index (κ3) is 6.40. The van der Waals surface area contributed by atoms with Crippen LogP contribution in [-0.4, -0.2) is 49.9 Å². The van der Waals surface area contributed by atoms with Crippen molar-refractivity contribution in [2.24, 2.45) is 0 Å². The lowest BCUT2D eigenvalue weighted by molar-refractivity contribution is -0.126. The molecule has 116 valence electrons. The van der Waals surface area contributed by atoms with Gasteiger partial charge in [-0.15, -0.1) is 0 Å². The molecule has 0 spiro atoms. The van der Waals surface area contributed by atoms with Crippen LogP contribution < -0.4 is 10.6 Å². The molecule has 0 fully saturated rings. The third-order valence-corrected chi connectivity index (χ3v) is 3.57. The number of nitrogens with one attached hydrogen (secondary N) is 2. The van der Waals surface area contributed by atoms with Crippen molar-refractivity contribution in [3.05, 3.63) is 35.9 Å². The van der Waals surface area contributed by atoms with Crippen molar-refractivity contribution in [1.29, 1.82) is 0 Å². The van der Waals surface area contributed by atoms with Crippen LogP contribution in [-0.2, 0) is 16.0 Å². The highest BCUT2D eigenvalue weighted by molar-refractivity contribution is 5.81. The molecule has 2 N–H and O–H groups in total. The molecule has 0 aliphatic rings. The second kappa shape index (κ2) is 9.13. The Morgan fingerprint density at radius 3 is 2.52 bits per heavy atom. The van der Waals surface area contributed by atoms with Crippen molar-refractivity contribution in [2.45, 2.75) is 25.8 Å². The highest BCUT2D eigenvalue weighted by Crippen LogP contribution is 2.00. The Morgan fingerprint density at radius 1 is 1.24 bits per heavy atom. The van der Waals surface area contributed by atoms with Crippen molar-refractivity contribution in [3.63, 3.8) is 0 Å². The molecule has 5 nitrogen and oxygen atoms in total. The molecule has 0 saturated heterocycles. The fraction of sp³-hybridized carbons (Fsp3) is 0.500. The molecule has 0 saturated carbocycles. The van der Waals surface area contributed by atoms with Gasteiger partial charge in [0.05, 0.1) is 6.04 Å². The number of nitrogens with zero attached hydrogens (tertiary/aromatic N) is 1. The van der Waals surface area contributed by atoms with Crippen LogP contribution in [0.5, 0.6) is 0 Å². The average Bonchev–Trinajstić information content (AvgIpc) is 2.52. The van der Waals surface area contributed by atoms with Crippen LogP contribution in [0.4, 0.5) is 0 Å². The molecule has 0 radical (unpaired) electrons. The van der Waals surface area contributed by atoms with Gasteiger partial charge in [0.25, 0.3) is 0 Å². The normalized spacial score (nSPS) is 12.0. The van der Waals surface area contributed by atoms with Gasteiger partial charge in [0.15, 0.2) is 0 Å². The number of amides is 2. The molecule has 1 atom stereocenters. The van der Waals surface area contributed by atoms with Crippen LogP contribution in [0.2, 0.25) is 0 Å². The predicted molar refractivity (Wildman–Crippen MR) is 83.9 cm³/mol. The monoisotopic (exact) mass is 291 g/mol. The maximum Gasteiger partial charge on any atom is 0.237 e. The zero-order chi connectivity index (χ0) is 15.7. The van der Waals surface area contributed by atoms with E-state index in [9.17, 15) is 9.59 Å². The van der Waals surface area contributed by atoms with Crippen molar-refractivity contribution in [1.82, 2.24) is 15.5 Å². The van der Waals surface area contributed by atoms with Gasteiger partial charge in [0.2, 0.25) is 11.8 Å². The topological polar surface area (TPSA) is 61.4 Å². The van der Waals surface area contributed by atoms with E-state index in [0.717, 1.165) is 6.42 Å². The summed E-state index contributed by atoms with van der Waals surface area (Å²) in [6.07, 6.45) is 1.22. The molecule has 1 unspecified atom stereocenters. The summed E-state index contributed by atoms with van der Waals surface area (Å²) in [4.78, 5) is 25.1.